The third-order valence-electron chi connectivity index (χ3n) is 4.82. The Labute approximate surface area is 166 Å². The Morgan fingerprint density at radius 2 is 2.14 bits per heavy atom. The van der Waals surface area contributed by atoms with Crippen molar-refractivity contribution in [2.24, 2.45) is 0 Å². The molecular weight excluding hydrogens is 380 g/mol. The van der Waals surface area contributed by atoms with E-state index in [-0.39, 0.29) is 11.9 Å². The van der Waals surface area contributed by atoms with Crippen LogP contribution in [0.25, 0.3) is 0 Å². The van der Waals surface area contributed by atoms with Crippen molar-refractivity contribution in [2.45, 2.75) is 12.6 Å². The number of aromatic nitrogens is 4. The average molecular weight is 402 g/mol. The van der Waals surface area contributed by atoms with Crippen molar-refractivity contribution in [3.63, 3.8) is 0 Å². The van der Waals surface area contributed by atoms with Crippen molar-refractivity contribution in [1.29, 1.82) is 0 Å². The zero-order valence-electron chi connectivity index (χ0n) is 15.6. The summed E-state index contributed by atoms with van der Waals surface area (Å²) < 4.78 is 12.2. The van der Waals surface area contributed by atoms with Gasteiger partial charge in [0.05, 0.1) is 19.4 Å². The lowest BCUT2D eigenvalue weighted by Gasteiger charge is -2.38. The number of hydrogen-bond acceptors (Lipinski definition) is 8. The Morgan fingerprint density at radius 1 is 1.29 bits per heavy atom. The zero-order valence-corrected chi connectivity index (χ0v) is 16.4. The highest BCUT2D eigenvalue weighted by Gasteiger charge is 2.32. The number of carbonyl (C=O) groups excluding carboxylic acids is 1. The third kappa shape index (κ3) is 3.84. The fourth-order valence-electron chi connectivity index (χ4n) is 3.40. The van der Waals surface area contributed by atoms with E-state index in [9.17, 15) is 4.79 Å². The van der Waals surface area contributed by atoms with Crippen LogP contribution in [-0.4, -0.2) is 75.8 Å². The highest BCUT2D eigenvalue weighted by Crippen LogP contribution is 2.31. The maximum Gasteiger partial charge on any atom is 0.289 e. The molecule has 0 aromatic carbocycles. The summed E-state index contributed by atoms with van der Waals surface area (Å²) in [6.07, 6.45) is 1.52. The predicted octanol–water partition coefficient (Wildman–Crippen LogP) is 1.52. The lowest BCUT2D eigenvalue weighted by molar-refractivity contribution is 0.0560. The predicted molar refractivity (Wildman–Crippen MR) is 102 cm³/mol. The Balaban J connectivity index is 1.51. The van der Waals surface area contributed by atoms with Crippen molar-refractivity contribution >= 4 is 17.2 Å². The van der Waals surface area contributed by atoms with Gasteiger partial charge in [0.15, 0.2) is 11.6 Å². The van der Waals surface area contributed by atoms with Crippen LogP contribution >= 0.6 is 11.3 Å². The van der Waals surface area contributed by atoms with E-state index in [1.165, 1.54) is 11.1 Å². The summed E-state index contributed by atoms with van der Waals surface area (Å²) in [4.78, 5) is 17.9. The molecule has 0 saturated carbocycles. The molecule has 0 radical (unpaired) electrons. The molecule has 0 unspecified atom stereocenters. The van der Waals surface area contributed by atoms with Crippen LogP contribution < -0.4 is 0 Å². The lowest BCUT2D eigenvalue weighted by atomic mass is 10.1. The molecule has 1 amide bonds. The van der Waals surface area contributed by atoms with Crippen molar-refractivity contribution in [3.8, 4) is 0 Å². The molecule has 1 aliphatic rings. The van der Waals surface area contributed by atoms with Crippen LogP contribution in [0.3, 0.4) is 0 Å². The standard InChI is InChI=1S/C18H22N6O3S/c1-26-12-10-24-17(19-20-21-24)16(15-5-3-13-28-15)22-6-8-23(9-7-22)18(25)14-4-2-11-27-14/h2-5,11,13,16H,6-10,12H2,1H3/t16-/m1/s1. The normalized spacial score (nSPS) is 16.4. The lowest BCUT2D eigenvalue weighted by Crippen LogP contribution is -2.50. The van der Waals surface area contributed by atoms with Crippen LogP contribution in [0.1, 0.15) is 27.3 Å². The molecular formula is C18H22N6O3S. The summed E-state index contributed by atoms with van der Waals surface area (Å²) in [5, 5.41) is 14.4. The second kappa shape index (κ2) is 8.63. The summed E-state index contributed by atoms with van der Waals surface area (Å²) in [6.45, 7) is 3.85. The highest BCUT2D eigenvalue weighted by molar-refractivity contribution is 7.10. The molecule has 1 saturated heterocycles. The van der Waals surface area contributed by atoms with Gasteiger partial charge >= 0.3 is 0 Å². The minimum absolute atomic E-state index is 0.0484. The maximum absolute atomic E-state index is 12.5. The number of piperazine rings is 1. The van der Waals surface area contributed by atoms with Gasteiger partial charge in [0.2, 0.25) is 0 Å². The van der Waals surface area contributed by atoms with Gasteiger partial charge in [0.1, 0.15) is 6.04 Å². The van der Waals surface area contributed by atoms with Crippen molar-refractivity contribution in [3.05, 3.63) is 52.4 Å². The van der Waals surface area contributed by atoms with Crippen LogP contribution in [0.5, 0.6) is 0 Å². The average Bonchev–Trinajstić information content (AvgIpc) is 3.49. The largest absolute Gasteiger partial charge is 0.459 e. The number of hydrogen-bond donors (Lipinski definition) is 0. The zero-order chi connectivity index (χ0) is 19.3. The molecule has 1 aliphatic heterocycles. The molecule has 3 aromatic rings. The Bertz CT molecular complexity index is 871. The van der Waals surface area contributed by atoms with E-state index in [4.69, 9.17) is 9.15 Å². The molecule has 9 nitrogen and oxygen atoms in total. The Kier molecular flexibility index (Phi) is 5.79. The molecule has 1 fully saturated rings. The molecule has 10 heteroatoms. The number of tetrazole rings is 1. The SMILES string of the molecule is COCCn1nnnc1[C@@H](c1cccs1)N1CCN(C(=O)c2ccco2)CC1. The molecule has 1 atom stereocenters. The van der Waals surface area contributed by atoms with E-state index < -0.39 is 0 Å². The number of amides is 1. The van der Waals surface area contributed by atoms with Crippen molar-refractivity contribution < 1.29 is 13.9 Å². The van der Waals surface area contributed by atoms with Gasteiger partial charge < -0.3 is 14.1 Å². The number of methoxy groups -OCH3 is 1. The minimum Gasteiger partial charge on any atom is -0.459 e. The molecule has 4 rings (SSSR count). The summed E-state index contributed by atoms with van der Waals surface area (Å²) in [5.74, 6) is 1.11. The quantitative estimate of drug-likeness (QED) is 0.592. The number of rotatable bonds is 7. The number of nitrogens with zero attached hydrogens (tertiary/aromatic N) is 6. The summed E-state index contributed by atoms with van der Waals surface area (Å²) in [5.41, 5.74) is 0. The van der Waals surface area contributed by atoms with E-state index in [2.05, 4.69) is 31.9 Å². The number of ether oxygens (including phenoxy) is 1. The number of furan rings is 1. The first-order chi connectivity index (χ1) is 13.8. The summed E-state index contributed by atoms with van der Waals surface area (Å²) in [6, 6.07) is 7.52. The molecule has 28 heavy (non-hydrogen) atoms. The van der Waals surface area contributed by atoms with Crippen LogP contribution in [0, 0.1) is 0 Å². The van der Waals surface area contributed by atoms with Crippen LogP contribution in [-0.2, 0) is 11.3 Å². The van der Waals surface area contributed by atoms with E-state index >= 15 is 0 Å². The summed E-state index contributed by atoms with van der Waals surface area (Å²) >= 11 is 1.68. The van der Waals surface area contributed by atoms with Gasteiger partial charge in [-0.05, 0) is 34.0 Å². The molecule has 0 spiro atoms. The minimum atomic E-state index is -0.0674. The Hall–Kier alpha value is -2.56. The fourth-order valence-corrected chi connectivity index (χ4v) is 4.26. The van der Waals surface area contributed by atoms with Gasteiger partial charge in [-0.15, -0.1) is 16.4 Å². The smallest absolute Gasteiger partial charge is 0.289 e. The number of thiophene rings is 1. The van der Waals surface area contributed by atoms with E-state index in [1.807, 2.05) is 11.0 Å². The van der Waals surface area contributed by atoms with Gasteiger partial charge in [-0.1, -0.05) is 6.07 Å². The van der Waals surface area contributed by atoms with Crippen LogP contribution in [0.4, 0.5) is 0 Å². The second-order valence-electron chi connectivity index (χ2n) is 6.48. The first kappa shape index (κ1) is 18.8. The van der Waals surface area contributed by atoms with E-state index in [0.29, 0.717) is 32.0 Å². The topological polar surface area (TPSA) is 89.5 Å². The maximum atomic E-state index is 12.5. The van der Waals surface area contributed by atoms with E-state index in [0.717, 1.165) is 18.9 Å². The Morgan fingerprint density at radius 3 is 2.82 bits per heavy atom. The highest BCUT2D eigenvalue weighted by atomic mass is 32.1. The molecule has 0 N–H and O–H groups in total. The second-order valence-corrected chi connectivity index (χ2v) is 7.46. The molecule has 4 heterocycles. The van der Waals surface area contributed by atoms with E-state index in [1.54, 1.807) is 35.3 Å². The monoisotopic (exact) mass is 402 g/mol. The van der Waals surface area contributed by atoms with Crippen molar-refractivity contribution in [1.82, 2.24) is 30.0 Å². The van der Waals surface area contributed by atoms with Gasteiger partial charge in [-0.25, -0.2) is 4.68 Å². The third-order valence-corrected chi connectivity index (χ3v) is 5.75. The molecule has 0 aliphatic carbocycles. The summed E-state index contributed by atoms with van der Waals surface area (Å²) in [7, 11) is 1.66. The van der Waals surface area contributed by atoms with Gasteiger partial charge in [-0.3, -0.25) is 9.69 Å². The first-order valence-corrected chi connectivity index (χ1v) is 10.0. The van der Waals surface area contributed by atoms with Gasteiger partial charge in [0.25, 0.3) is 5.91 Å². The van der Waals surface area contributed by atoms with Crippen LogP contribution in [0.15, 0.2) is 40.3 Å². The van der Waals surface area contributed by atoms with Crippen LogP contribution in [0.2, 0.25) is 0 Å². The first-order valence-electron chi connectivity index (χ1n) is 9.13. The van der Waals surface area contributed by atoms with Crippen molar-refractivity contribution in [2.75, 3.05) is 39.9 Å². The molecule has 0 bridgehead atoms. The fraction of sp³-hybridized carbons (Fsp3) is 0.444. The van der Waals surface area contributed by atoms with Gasteiger partial charge in [0, 0.05) is 38.2 Å². The molecule has 148 valence electrons. The number of carbonyl (C=O) groups is 1. The molecule has 3 aromatic heterocycles. The van der Waals surface area contributed by atoms with Gasteiger partial charge in [-0.2, -0.15) is 0 Å².